The monoisotopic (exact) mass is 610 g/mol. The number of rotatable bonds is 7. The molecule has 1 aliphatic rings. The maximum absolute atomic E-state index is 12.9. The predicted octanol–water partition coefficient (Wildman–Crippen LogP) is 6.15. The first-order valence-electron chi connectivity index (χ1n) is 13.3. The zero-order valence-corrected chi connectivity index (χ0v) is 25.6. The van der Waals surface area contributed by atoms with Crippen molar-refractivity contribution in [1.29, 1.82) is 0 Å². The number of nitrogens with zero attached hydrogens (tertiary/aromatic N) is 5. The smallest absolute Gasteiger partial charge is 0.418 e. The van der Waals surface area contributed by atoms with E-state index in [-0.39, 0.29) is 21.3 Å². The molecule has 1 fully saturated rings. The Labute approximate surface area is 254 Å². The minimum Gasteiger partial charge on any atom is -0.495 e. The maximum atomic E-state index is 12.9. The van der Waals surface area contributed by atoms with Gasteiger partial charge in [0.1, 0.15) is 28.4 Å². The number of hydrogen-bond acceptors (Lipinski definition) is 9. The predicted molar refractivity (Wildman–Crippen MR) is 164 cm³/mol. The fourth-order valence-corrected chi connectivity index (χ4v) is 5.91. The van der Waals surface area contributed by atoms with Gasteiger partial charge in [-0.3, -0.25) is 15.2 Å². The number of methoxy groups -OCH3 is 2. The van der Waals surface area contributed by atoms with Crippen LogP contribution in [-0.4, -0.2) is 77.3 Å². The Morgan fingerprint density at radius 2 is 1.64 bits per heavy atom. The topological polar surface area (TPSA) is 102 Å². The fraction of sp³-hybridized carbons (Fsp3) is 0.333. The number of piperazine rings is 1. The number of likely N-dealkylation sites (N-methyl/N-ethyl adjacent to an activating group) is 1. The van der Waals surface area contributed by atoms with E-state index in [9.17, 15) is 4.79 Å². The van der Waals surface area contributed by atoms with Crippen LogP contribution in [0, 0.1) is 0 Å². The molecule has 0 bridgehead atoms. The van der Waals surface area contributed by atoms with E-state index in [2.05, 4.69) is 51.0 Å². The van der Waals surface area contributed by atoms with Gasteiger partial charge in [-0.25, -0.2) is 14.8 Å². The zero-order chi connectivity index (χ0) is 30.0. The van der Waals surface area contributed by atoms with E-state index >= 15 is 0 Å². The highest BCUT2D eigenvalue weighted by atomic mass is 35.5. The summed E-state index contributed by atoms with van der Waals surface area (Å²) >= 11 is 13.3. The number of anilines is 1. The van der Waals surface area contributed by atoms with Gasteiger partial charge in [-0.05, 0) is 44.7 Å². The molecule has 0 atom stereocenters. The van der Waals surface area contributed by atoms with Gasteiger partial charge in [0.05, 0.1) is 24.3 Å². The first-order chi connectivity index (χ1) is 20.1. The molecule has 0 unspecified atom stereocenters. The molecule has 42 heavy (non-hydrogen) atoms. The highest BCUT2D eigenvalue weighted by Gasteiger charge is 2.32. The van der Waals surface area contributed by atoms with Crippen molar-refractivity contribution < 1.29 is 19.0 Å². The number of pyridine rings is 1. The highest BCUT2D eigenvalue weighted by molar-refractivity contribution is 6.41. The lowest BCUT2D eigenvalue weighted by Crippen LogP contribution is -2.57. The second-order valence-electron chi connectivity index (χ2n) is 10.7. The number of carbonyl (C=O) groups excluding carboxylic acids is 1. The Hall–Kier alpha value is -3.70. The minimum atomic E-state index is -0.714. The van der Waals surface area contributed by atoms with Gasteiger partial charge in [0.2, 0.25) is 0 Å². The molecule has 1 amide bonds. The average Bonchev–Trinajstić information content (AvgIpc) is 2.96. The highest BCUT2D eigenvalue weighted by Crippen LogP contribution is 2.48. The van der Waals surface area contributed by atoms with Gasteiger partial charge >= 0.3 is 6.09 Å². The van der Waals surface area contributed by atoms with E-state index < -0.39 is 6.09 Å². The largest absolute Gasteiger partial charge is 0.495 e. The molecule has 5 rings (SSSR count). The van der Waals surface area contributed by atoms with Crippen molar-refractivity contribution in [3.05, 3.63) is 64.5 Å². The number of halogens is 2. The molecule has 0 aliphatic carbocycles. The summed E-state index contributed by atoms with van der Waals surface area (Å²) < 4.78 is 16.5. The first kappa shape index (κ1) is 29.8. The number of fused-ring (bicyclic) bond motifs is 1. The van der Waals surface area contributed by atoms with Gasteiger partial charge in [0.15, 0.2) is 5.75 Å². The molecule has 2 aromatic carbocycles. The van der Waals surface area contributed by atoms with Crippen molar-refractivity contribution in [1.82, 2.24) is 24.8 Å². The average molecular weight is 612 g/mol. The molecule has 1 saturated heterocycles. The third-order valence-corrected chi connectivity index (χ3v) is 8.08. The molecule has 0 spiro atoms. The van der Waals surface area contributed by atoms with Gasteiger partial charge < -0.3 is 19.1 Å². The molecule has 12 heteroatoms. The number of ether oxygens (including phenoxy) is 3. The van der Waals surface area contributed by atoms with E-state index in [1.165, 1.54) is 26.6 Å². The summed E-state index contributed by atoms with van der Waals surface area (Å²) in [7, 11) is 5.15. The molecule has 2 aromatic heterocycles. The summed E-state index contributed by atoms with van der Waals surface area (Å²) in [5.41, 5.74) is 2.92. The van der Waals surface area contributed by atoms with Crippen LogP contribution in [0.15, 0.2) is 48.9 Å². The van der Waals surface area contributed by atoms with Gasteiger partial charge in [-0.1, -0.05) is 29.3 Å². The van der Waals surface area contributed by atoms with Crippen LogP contribution < -0.4 is 19.5 Å². The SMILES string of the molecule is COc1cc(OC)c(Cl)c(-c2ccc(OC(=O)Nc3ccc(CN4CCN(C)CC4(C)C)cn3)c3nccnc23)c1Cl. The molecular formula is C30H32Cl2N6O4. The number of aromatic nitrogens is 3. The van der Waals surface area contributed by atoms with E-state index in [4.69, 9.17) is 37.4 Å². The van der Waals surface area contributed by atoms with Gasteiger partial charge in [0, 0.05) is 67.5 Å². The summed E-state index contributed by atoms with van der Waals surface area (Å²) in [6, 6.07) is 8.65. The third kappa shape index (κ3) is 6.07. The third-order valence-electron chi connectivity index (χ3n) is 7.33. The lowest BCUT2D eigenvalue weighted by molar-refractivity contribution is 0.0253. The van der Waals surface area contributed by atoms with E-state index in [1.807, 2.05) is 6.07 Å². The van der Waals surface area contributed by atoms with Crippen molar-refractivity contribution in [2.75, 3.05) is 46.2 Å². The van der Waals surface area contributed by atoms with Crippen molar-refractivity contribution in [2.45, 2.75) is 25.9 Å². The second kappa shape index (κ2) is 12.3. The summed E-state index contributed by atoms with van der Waals surface area (Å²) in [6.45, 7) is 8.28. The Bertz CT molecular complexity index is 1590. The van der Waals surface area contributed by atoms with Gasteiger partial charge in [-0.2, -0.15) is 0 Å². The number of benzene rings is 2. The lowest BCUT2D eigenvalue weighted by Gasteiger charge is -2.46. The first-order valence-corrected chi connectivity index (χ1v) is 14.1. The second-order valence-corrected chi connectivity index (χ2v) is 11.4. The van der Waals surface area contributed by atoms with Crippen LogP contribution in [0.3, 0.4) is 0 Å². The standard InChI is InChI=1S/C30H32Cl2N6O4/c1-30(2)17-37(3)12-13-38(30)16-18-6-9-23(35-15-18)36-29(39)42-20-8-7-19(27-28(20)34-11-10-33-27)24-25(31)21(40-4)14-22(41-5)26(24)32/h6-11,14-15H,12-13,16-17H2,1-5H3,(H,35,36,39). The maximum Gasteiger partial charge on any atom is 0.418 e. The minimum absolute atomic E-state index is 0.0598. The van der Waals surface area contributed by atoms with E-state index in [0.29, 0.717) is 39.5 Å². The Morgan fingerprint density at radius 3 is 2.26 bits per heavy atom. The van der Waals surface area contributed by atoms with Crippen molar-refractivity contribution in [2.24, 2.45) is 0 Å². The Balaban J connectivity index is 1.35. The van der Waals surface area contributed by atoms with Crippen molar-refractivity contribution in [3.8, 4) is 28.4 Å². The van der Waals surface area contributed by atoms with E-state index in [1.54, 1.807) is 30.5 Å². The van der Waals surface area contributed by atoms with Crippen molar-refractivity contribution >= 4 is 46.1 Å². The Morgan fingerprint density at radius 1 is 0.952 bits per heavy atom. The lowest BCUT2D eigenvalue weighted by atomic mass is 9.98. The molecule has 220 valence electrons. The number of carbonyl (C=O) groups is 1. The Kier molecular flexibility index (Phi) is 8.70. The summed E-state index contributed by atoms with van der Waals surface area (Å²) in [5, 5.41) is 3.26. The molecule has 1 N–H and O–H groups in total. The van der Waals surface area contributed by atoms with Crippen LogP contribution in [0.5, 0.6) is 17.2 Å². The molecule has 1 aliphatic heterocycles. The van der Waals surface area contributed by atoms with Crippen LogP contribution >= 0.6 is 23.2 Å². The van der Waals surface area contributed by atoms with Crippen molar-refractivity contribution in [3.63, 3.8) is 0 Å². The number of hydrogen-bond donors (Lipinski definition) is 1. The van der Waals surface area contributed by atoms with Crippen LogP contribution in [0.25, 0.3) is 22.2 Å². The molecule has 0 saturated carbocycles. The molecule has 4 aromatic rings. The summed E-state index contributed by atoms with van der Waals surface area (Å²) in [6.07, 6.45) is 4.10. The molecule has 3 heterocycles. The normalized spacial score (nSPS) is 15.4. The molecule has 0 radical (unpaired) electrons. The summed E-state index contributed by atoms with van der Waals surface area (Å²) in [5.74, 6) is 1.34. The molecule has 10 nitrogen and oxygen atoms in total. The fourth-order valence-electron chi connectivity index (χ4n) is 5.21. The quantitative estimate of drug-likeness (QED) is 0.264. The van der Waals surface area contributed by atoms with Crippen LogP contribution in [0.4, 0.5) is 10.6 Å². The van der Waals surface area contributed by atoms with Gasteiger partial charge in [0.25, 0.3) is 0 Å². The van der Waals surface area contributed by atoms with Crippen LogP contribution in [-0.2, 0) is 6.54 Å². The zero-order valence-electron chi connectivity index (χ0n) is 24.1. The van der Waals surface area contributed by atoms with Crippen LogP contribution in [0.1, 0.15) is 19.4 Å². The van der Waals surface area contributed by atoms with Crippen LogP contribution in [0.2, 0.25) is 10.0 Å². The molecular weight excluding hydrogens is 579 g/mol. The van der Waals surface area contributed by atoms with Gasteiger partial charge in [-0.15, -0.1) is 0 Å². The number of nitrogens with one attached hydrogen (secondary N) is 1. The van der Waals surface area contributed by atoms with E-state index in [0.717, 1.165) is 31.7 Å². The number of amides is 1. The summed E-state index contributed by atoms with van der Waals surface area (Å²) in [4.78, 5) is 31.0.